The van der Waals surface area contributed by atoms with Crippen molar-refractivity contribution in [1.82, 2.24) is 0 Å². The van der Waals surface area contributed by atoms with E-state index < -0.39 is 0 Å². The average molecular weight is 322 g/mol. The molecule has 1 saturated carbocycles. The van der Waals surface area contributed by atoms with E-state index in [2.05, 4.69) is 13.0 Å². The van der Waals surface area contributed by atoms with Crippen molar-refractivity contribution >= 4 is 11.9 Å². The second-order valence-corrected chi connectivity index (χ2v) is 7.38. The van der Waals surface area contributed by atoms with E-state index in [1.165, 1.54) is 51.5 Å². The van der Waals surface area contributed by atoms with Gasteiger partial charge in [-0.1, -0.05) is 37.8 Å². The lowest BCUT2D eigenvalue weighted by Gasteiger charge is -2.40. The van der Waals surface area contributed by atoms with Crippen LogP contribution in [0.15, 0.2) is 11.6 Å². The highest BCUT2D eigenvalue weighted by Gasteiger charge is 2.35. The zero-order valence-electron chi connectivity index (χ0n) is 14.7. The minimum Gasteiger partial charge on any atom is -0.466 e. The van der Waals surface area contributed by atoms with Crippen LogP contribution in [0.2, 0.25) is 0 Å². The molecule has 23 heavy (non-hydrogen) atoms. The molecule has 1 fully saturated rings. The van der Waals surface area contributed by atoms with Crippen LogP contribution in [0, 0.1) is 17.3 Å². The fraction of sp³-hybridized carbons (Fsp3) is 0.789. The number of allylic oxidation sites excluding steroid dienone is 1. The SMILES string of the molecule is CC(=O)OC[C@@H]1CCC(C2(C)CCCCC2)=C[C@@H]1COC(C)=O. The summed E-state index contributed by atoms with van der Waals surface area (Å²) in [4.78, 5) is 22.3. The molecule has 0 aliphatic heterocycles. The fourth-order valence-corrected chi connectivity index (χ4v) is 4.02. The molecule has 0 bridgehead atoms. The molecule has 2 aliphatic carbocycles. The Bertz CT molecular complexity index is 460. The second-order valence-electron chi connectivity index (χ2n) is 7.38. The highest BCUT2D eigenvalue weighted by atomic mass is 16.5. The van der Waals surface area contributed by atoms with Gasteiger partial charge in [-0.05, 0) is 31.1 Å². The van der Waals surface area contributed by atoms with Gasteiger partial charge >= 0.3 is 11.9 Å². The largest absolute Gasteiger partial charge is 0.466 e. The summed E-state index contributed by atoms with van der Waals surface area (Å²) in [5.74, 6) is -0.0964. The normalized spacial score (nSPS) is 27.0. The highest BCUT2D eigenvalue weighted by Crippen LogP contribution is 2.47. The summed E-state index contributed by atoms with van der Waals surface area (Å²) in [7, 11) is 0. The summed E-state index contributed by atoms with van der Waals surface area (Å²) >= 11 is 0. The molecule has 2 rings (SSSR count). The Morgan fingerprint density at radius 3 is 2.30 bits per heavy atom. The lowest BCUT2D eigenvalue weighted by molar-refractivity contribution is -0.146. The third-order valence-corrected chi connectivity index (χ3v) is 5.52. The monoisotopic (exact) mass is 322 g/mol. The third-order valence-electron chi connectivity index (χ3n) is 5.52. The Kier molecular flexibility index (Phi) is 6.25. The lowest BCUT2D eigenvalue weighted by atomic mass is 9.65. The first-order chi connectivity index (χ1) is 10.9. The minimum absolute atomic E-state index is 0.153. The summed E-state index contributed by atoms with van der Waals surface area (Å²) in [6.07, 6.45) is 10.9. The van der Waals surface area contributed by atoms with Crippen LogP contribution in [0.5, 0.6) is 0 Å². The van der Waals surface area contributed by atoms with Gasteiger partial charge in [0.25, 0.3) is 0 Å². The molecule has 4 nitrogen and oxygen atoms in total. The maximum atomic E-state index is 11.2. The molecule has 0 aromatic heterocycles. The lowest BCUT2D eigenvalue weighted by Crippen LogP contribution is -2.32. The molecular formula is C19H30O4. The predicted molar refractivity (Wildman–Crippen MR) is 88.8 cm³/mol. The zero-order valence-corrected chi connectivity index (χ0v) is 14.7. The Morgan fingerprint density at radius 2 is 1.70 bits per heavy atom. The molecule has 0 radical (unpaired) electrons. The second kappa shape index (κ2) is 7.98. The maximum Gasteiger partial charge on any atom is 0.302 e. The van der Waals surface area contributed by atoms with Gasteiger partial charge in [-0.2, -0.15) is 0 Å². The summed E-state index contributed by atoms with van der Waals surface area (Å²) in [5, 5.41) is 0. The van der Waals surface area contributed by atoms with E-state index >= 15 is 0 Å². The van der Waals surface area contributed by atoms with E-state index in [0.717, 1.165) is 12.8 Å². The highest BCUT2D eigenvalue weighted by molar-refractivity contribution is 5.66. The van der Waals surface area contributed by atoms with Gasteiger partial charge in [0.15, 0.2) is 0 Å². The van der Waals surface area contributed by atoms with Gasteiger partial charge in [-0.25, -0.2) is 0 Å². The molecule has 0 N–H and O–H groups in total. The van der Waals surface area contributed by atoms with Crippen molar-refractivity contribution in [1.29, 1.82) is 0 Å². The van der Waals surface area contributed by atoms with Crippen molar-refractivity contribution in [3.05, 3.63) is 11.6 Å². The number of rotatable bonds is 5. The van der Waals surface area contributed by atoms with Crippen molar-refractivity contribution in [2.24, 2.45) is 17.3 Å². The van der Waals surface area contributed by atoms with Gasteiger partial charge < -0.3 is 9.47 Å². The molecule has 0 unspecified atom stereocenters. The van der Waals surface area contributed by atoms with Crippen LogP contribution in [-0.2, 0) is 19.1 Å². The Hall–Kier alpha value is -1.32. The van der Waals surface area contributed by atoms with Gasteiger partial charge in [-0.3, -0.25) is 9.59 Å². The molecule has 0 aromatic rings. The molecule has 4 heteroatoms. The predicted octanol–water partition coefficient (Wildman–Crippen LogP) is 4.04. The van der Waals surface area contributed by atoms with Gasteiger partial charge in [0.2, 0.25) is 0 Å². The molecule has 0 amide bonds. The van der Waals surface area contributed by atoms with Gasteiger partial charge in [-0.15, -0.1) is 0 Å². The number of hydrogen-bond acceptors (Lipinski definition) is 4. The van der Waals surface area contributed by atoms with Crippen LogP contribution in [0.3, 0.4) is 0 Å². The summed E-state index contributed by atoms with van der Waals surface area (Å²) < 4.78 is 10.5. The van der Waals surface area contributed by atoms with Crippen LogP contribution in [0.25, 0.3) is 0 Å². The first-order valence-corrected chi connectivity index (χ1v) is 8.88. The van der Waals surface area contributed by atoms with Crippen LogP contribution in [-0.4, -0.2) is 25.2 Å². The summed E-state index contributed by atoms with van der Waals surface area (Å²) in [6, 6.07) is 0. The number of esters is 2. The first kappa shape index (κ1) is 18.0. The van der Waals surface area contributed by atoms with E-state index in [0.29, 0.717) is 18.6 Å². The summed E-state index contributed by atoms with van der Waals surface area (Å²) in [5.41, 5.74) is 1.83. The Labute approximate surface area is 139 Å². The molecule has 0 saturated heterocycles. The number of carbonyl (C=O) groups is 2. The minimum atomic E-state index is -0.249. The van der Waals surface area contributed by atoms with Gasteiger partial charge in [0.05, 0.1) is 13.2 Å². The number of ether oxygens (including phenoxy) is 2. The van der Waals surface area contributed by atoms with E-state index in [1.54, 1.807) is 0 Å². The fourth-order valence-electron chi connectivity index (χ4n) is 4.02. The van der Waals surface area contributed by atoms with Crippen LogP contribution in [0.4, 0.5) is 0 Å². The van der Waals surface area contributed by atoms with Crippen molar-refractivity contribution in [3.8, 4) is 0 Å². The van der Waals surface area contributed by atoms with Crippen LogP contribution in [0.1, 0.15) is 65.7 Å². The molecular weight excluding hydrogens is 292 g/mol. The van der Waals surface area contributed by atoms with Crippen molar-refractivity contribution < 1.29 is 19.1 Å². The third kappa shape index (κ3) is 5.08. The van der Waals surface area contributed by atoms with Gasteiger partial charge in [0, 0.05) is 25.7 Å². The van der Waals surface area contributed by atoms with Crippen molar-refractivity contribution in [2.45, 2.75) is 65.7 Å². The molecule has 0 heterocycles. The van der Waals surface area contributed by atoms with Crippen molar-refractivity contribution in [3.63, 3.8) is 0 Å². The average Bonchev–Trinajstić information content (AvgIpc) is 2.51. The molecule has 2 aliphatic rings. The van der Waals surface area contributed by atoms with E-state index in [9.17, 15) is 9.59 Å². The first-order valence-electron chi connectivity index (χ1n) is 8.88. The van der Waals surface area contributed by atoms with Crippen LogP contribution >= 0.6 is 0 Å². The smallest absolute Gasteiger partial charge is 0.302 e. The quantitative estimate of drug-likeness (QED) is 0.566. The zero-order chi connectivity index (χ0) is 16.9. The Morgan fingerprint density at radius 1 is 1.09 bits per heavy atom. The van der Waals surface area contributed by atoms with E-state index in [1.807, 2.05) is 0 Å². The topological polar surface area (TPSA) is 52.6 Å². The molecule has 2 atom stereocenters. The van der Waals surface area contributed by atoms with Crippen molar-refractivity contribution in [2.75, 3.05) is 13.2 Å². The van der Waals surface area contributed by atoms with E-state index in [-0.39, 0.29) is 23.8 Å². The van der Waals surface area contributed by atoms with E-state index in [4.69, 9.17) is 9.47 Å². The Balaban J connectivity index is 2.09. The van der Waals surface area contributed by atoms with Gasteiger partial charge in [0.1, 0.15) is 0 Å². The molecule has 0 spiro atoms. The standard InChI is InChI=1S/C19H30O4/c1-14(20)22-12-16-7-8-18(11-17(16)13-23-15(2)21)19(3)9-5-4-6-10-19/h11,16-17H,4-10,12-13H2,1-3H3/t16-,17+/m0/s1. The number of hydrogen-bond donors (Lipinski definition) is 0. The molecule has 130 valence electrons. The number of carbonyl (C=O) groups excluding carboxylic acids is 2. The summed E-state index contributed by atoms with van der Waals surface area (Å²) in [6.45, 7) is 6.07. The maximum absolute atomic E-state index is 11.2. The molecule has 0 aromatic carbocycles. The van der Waals surface area contributed by atoms with Crippen LogP contribution < -0.4 is 0 Å².